The molecule has 6 N–H and O–H groups in total. The van der Waals surface area contributed by atoms with Crippen LogP contribution in [0.3, 0.4) is 0 Å². The third-order valence-corrected chi connectivity index (χ3v) is 2.21. The van der Waals surface area contributed by atoms with Gasteiger partial charge in [-0.3, -0.25) is 4.79 Å². The topological polar surface area (TPSA) is 132 Å². The first kappa shape index (κ1) is 13.2. The Balaban J connectivity index is 2.85. The van der Waals surface area contributed by atoms with Crippen molar-refractivity contribution in [3.05, 3.63) is 17.8 Å². The SMILES string of the molecule is COc1ncc(C(O)C(O)CC(N)=O)cc1N. The summed E-state index contributed by atoms with van der Waals surface area (Å²) >= 11 is 0. The molecule has 0 radical (unpaired) electrons. The smallest absolute Gasteiger partial charge is 0.236 e. The van der Waals surface area contributed by atoms with Gasteiger partial charge in [0.25, 0.3) is 0 Å². The fourth-order valence-electron chi connectivity index (χ4n) is 1.36. The van der Waals surface area contributed by atoms with Gasteiger partial charge in [0.1, 0.15) is 6.10 Å². The lowest BCUT2D eigenvalue weighted by molar-refractivity contribution is -0.121. The number of pyridine rings is 1. The van der Waals surface area contributed by atoms with Gasteiger partial charge in [0.2, 0.25) is 11.8 Å². The van der Waals surface area contributed by atoms with E-state index in [1.54, 1.807) is 0 Å². The molecule has 1 aromatic rings. The van der Waals surface area contributed by atoms with Crippen LogP contribution in [0.1, 0.15) is 18.1 Å². The number of aliphatic hydroxyl groups excluding tert-OH is 2. The monoisotopic (exact) mass is 241 g/mol. The minimum Gasteiger partial charge on any atom is -0.480 e. The number of ether oxygens (including phenoxy) is 1. The van der Waals surface area contributed by atoms with E-state index < -0.39 is 18.1 Å². The van der Waals surface area contributed by atoms with Crippen molar-refractivity contribution in [3.63, 3.8) is 0 Å². The van der Waals surface area contributed by atoms with Crippen LogP contribution in [0.2, 0.25) is 0 Å². The number of nitrogen functional groups attached to an aromatic ring is 1. The summed E-state index contributed by atoms with van der Waals surface area (Å²) < 4.78 is 4.85. The first-order valence-corrected chi connectivity index (χ1v) is 4.89. The second-order valence-electron chi connectivity index (χ2n) is 3.55. The van der Waals surface area contributed by atoms with Gasteiger partial charge in [-0.15, -0.1) is 0 Å². The molecule has 0 aliphatic rings. The van der Waals surface area contributed by atoms with Gasteiger partial charge in [0.05, 0.1) is 25.3 Å². The Hall–Kier alpha value is -1.86. The van der Waals surface area contributed by atoms with Crippen molar-refractivity contribution in [2.45, 2.75) is 18.6 Å². The lowest BCUT2D eigenvalue weighted by atomic mass is 10.0. The van der Waals surface area contributed by atoms with Gasteiger partial charge in [-0.05, 0) is 6.07 Å². The molecule has 2 unspecified atom stereocenters. The zero-order chi connectivity index (χ0) is 13.0. The second-order valence-corrected chi connectivity index (χ2v) is 3.55. The highest BCUT2D eigenvalue weighted by Crippen LogP contribution is 2.24. The molecule has 1 amide bonds. The Labute approximate surface area is 98.0 Å². The van der Waals surface area contributed by atoms with Crippen LogP contribution in [0, 0.1) is 0 Å². The molecule has 7 nitrogen and oxygen atoms in total. The van der Waals surface area contributed by atoms with Crippen molar-refractivity contribution < 1.29 is 19.7 Å². The molecule has 7 heteroatoms. The van der Waals surface area contributed by atoms with Gasteiger partial charge in [-0.2, -0.15) is 0 Å². The molecule has 0 aliphatic heterocycles. The summed E-state index contributed by atoms with van der Waals surface area (Å²) in [6.07, 6.45) is -1.60. The maximum Gasteiger partial charge on any atom is 0.236 e. The van der Waals surface area contributed by atoms with E-state index in [2.05, 4.69) is 4.98 Å². The quantitative estimate of drug-likeness (QED) is 0.519. The van der Waals surface area contributed by atoms with E-state index in [1.165, 1.54) is 19.4 Å². The summed E-state index contributed by atoms with van der Waals surface area (Å²) in [5, 5.41) is 19.2. The van der Waals surface area contributed by atoms with E-state index in [0.717, 1.165) is 0 Å². The number of hydrogen-bond acceptors (Lipinski definition) is 6. The van der Waals surface area contributed by atoms with E-state index in [0.29, 0.717) is 0 Å². The molecule has 0 fully saturated rings. The summed E-state index contributed by atoms with van der Waals surface area (Å²) in [5.74, 6) is -0.476. The van der Waals surface area contributed by atoms with Gasteiger partial charge >= 0.3 is 0 Å². The highest BCUT2D eigenvalue weighted by molar-refractivity contribution is 5.74. The number of amides is 1. The molecule has 0 saturated heterocycles. The molecule has 94 valence electrons. The first-order valence-electron chi connectivity index (χ1n) is 4.89. The van der Waals surface area contributed by atoms with Crippen LogP contribution in [0.4, 0.5) is 5.69 Å². The average Bonchev–Trinajstić information content (AvgIpc) is 2.27. The average molecular weight is 241 g/mol. The van der Waals surface area contributed by atoms with Gasteiger partial charge in [-0.25, -0.2) is 4.98 Å². The van der Waals surface area contributed by atoms with Crippen molar-refractivity contribution in [1.82, 2.24) is 4.98 Å². The zero-order valence-electron chi connectivity index (χ0n) is 9.33. The van der Waals surface area contributed by atoms with Crippen molar-refractivity contribution >= 4 is 11.6 Å². The van der Waals surface area contributed by atoms with Crippen molar-refractivity contribution in [3.8, 4) is 5.88 Å². The predicted octanol–water partition coefficient (Wildman–Crippen LogP) is -1.06. The maximum absolute atomic E-state index is 10.6. The van der Waals surface area contributed by atoms with Crippen LogP contribution in [0.5, 0.6) is 5.88 Å². The third-order valence-electron chi connectivity index (χ3n) is 2.21. The number of hydrogen-bond donors (Lipinski definition) is 4. The molecule has 2 atom stereocenters. The normalized spacial score (nSPS) is 14.1. The van der Waals surface area contributed by atoms with Crippen LogP contribution < -0.4 is 16.2 Å². The number of carbonyl (C=O) groups excluding carboxylic acids is 1. The number of rotatable bonds is 5. The molecule has 0 saturated carbocycles. The fraction of sp³-hybridized carbons (Fsp3) is 0.400. The standard InChI is InChI=1S/C10H15N3O4/c1-17-10-6(11)2-5(4-13-10)9(16)7(14)3-8(12)15/h2,4,7,9,14,16H,3,11H2,1H3,(H2,12,15). The lowest BCUT2D eigenvalue weighted by Gasteiger charge is -2.17. The van der Waals surface area contributed by atoms with Gasteiger partial charge in [0, 0.05) is 11.8 Å². The number of aliphatic hydroxyl groups is 2. The summed E-state index contributed by atoms with van der Waals surface area (Å²) in [6, 6.07) is 1.42. The van der Waals surface area contributed by atoms with Crippen LogP contribution >= 0.6 is 0 Å². The number of aromatic nitrogens is 1. The number of primary amides is 1. The minimum absolute atomic E-state index is 0.227. The van der Waals surface area contributed by atoms with Gasteiger partial charge in [-0.1, -0.05) is 0 Å². The molecule has 0 bridgehead atoms. The van der Waals surface area contributed by atoms with E-state index in [4.69, 9.17) is 16.2 Å². The first-order chi connectivity index (χ1) is 7.95. The van der Waals surface area contributed by atoms with E-state index in [1.807, 2.05) is 0 Å². The molecular weight excluding hydrogens is 226 g/mol. The molecule has 17 heavy (non-hydrogen) atoms. The Kier molecular flexibility index (Phi) is 4.24. The van der Waals surface area contributed by atoms with E-state index in [-0.39, 0.29) is 23.6 Å². The third kappa shape index (κ3) is 3.30. The number of nitrogens with zero attached hydrogens (tertiary/aromatic N) is 1. The highest BCUT2D eigenvalue weighted by atomic mass is 16.5. The number of anilines is 1. The summed E-state index contributed by atoms with van der Waals surface area (Å²) in [4.78, 5) is 14.4. The van der Waals surface area contributed by atoms with Crippen molar-refractivity contribution in [2.75, 3.05) is 12.8 Å². The zero-order valence-corrected chi connectivity index (χ0v) is 9.33. The lowest BCUT2D eigenvalue weighted by Crippen LogP contribution is -2.25. The molecule has 0 spiro atoms. The molecule has 0 aliphatic carbocycles. The predicted molar refractivity (Wildman–Crippen MR) is 60.0 cm³/mol. The Bertz CT molecular complexity index is 411. The van der Waals surface area contributed by atoms with E-state index >= 15 is 0 Å². The van der Waals surface area contributed by atoms with E-state index in [9.17, 15) is 15.0 Å². The summed E-state index contributed by atoms with van der Waals surface area (Å²) in [6.45, 7) is 0. The number of nitrogens with two attached hydrogens (primary N) is 2. The Morgan fingerprint density at radius 2 is 2.24 bits per heavy atom. The molecule has 1 heterocycles. The van der Waals surface area contributed by atoms with Crippen molar-refractivity contribution in [2.24, 2.45) is 5.73 Å². The van der Waals surface area contributed by atoms with Gasteiger partial charge in [0.15, 0.2) is 0 Å². The Morgan fingerprint density at radius 3 is 2.71 bits per heavy atom. The second kappa shape index (κ2) is 5.46. The largest absolute Gasteiger partial charge is 0.480 e. The fourth-order valence-corrected chi connectivity index (χ4v) is 1.36. The molecule has 1 aromatic heterocycles. The highest BCUT2D eigenvalue weighted by Gasteiger charge is 2.21. The van der Waals surface area contributed by atoms with Crippen LogP contribution in [0.25, 0.3) is 0 Å². The minimum atomic E-state index is -1.29. The number of carbonyl (C=O) groups is 1. The Morgan fingerprint density at radius 1 is 1.59 bits per heavy atom. The van der Waals surface area contributed by atoms with Gasteiger partial charge < -0.3 is 26.4 Å². The molecule has 0 aromatic carbocycles. The summed E-state index contributed by atoms with van der Waals surface area (Å²) in [7, 11) is 1.41. The van der Waals surface area contributed by atoms with Crippen LogP contribution in [-0.4, -0.2) is 34.3 Å². The molecule has 1 rings (SSSR count). The maximum atomic E-state index is 10.6. The molecular formula is C10H15N3O4. The van der Waals surface area contributed by atoms with Crippen molar-refractivity contribution in [1.29, 1.82) is 0 Å². The number of methoxy groups -OCH3 is 1. The summed E-state index contributed by atoms with van der Waals surface area (Å²) in [5.41, 5.74) is 11.0. The van der Waals surface area contributed by atoms with Crippen LogP contribution in [-0.2, 0) is 4.79 Å². The van der Waals surface area contributed by atoms with Crippen LogP contribution in [0.15, 0.2) is 12.3 Å².